The van der Waals surface area contributed by atoms with Crippen molar-refractivity contribution >= 4 is 5.84 Å². The first-order valence-corrected chi connectivity index (χ1v) is 10.6. The third-order valence-corrected chi connectivity index (χ3v) is 5.44. The normalized spacial score (nSPS) is 24.2. The van der Waals surface area contributed by atoms with Gasteiger partial charge in [-0.15, -0.1) is 0 Å². The molecule has 0 saturated carbocycles. The van der Waals surface area contributed by atoms with E-state index in [1.54, 1.807) is 0 Å². The molecule has 0 radical (unpaired) electrons. The summed E-state index contributed by atoms with van der Waals surface area (Å²) in [6, 6.07) is 1.09. The standard InChI is InChI=1S/C23H38N2/c1-5-7-8-9-11-15-20(4)25-22(14-6-2)18-19(3)24-23(25)21-16-12-10-13-17-21/h10,12-13,16,18,20-22H,5-9,11,14-15,17H2,1-4H3. The molecule has 0 saturated heterocycles. The number of hydrogen-bond acceptors (Lipinski definition) is 2. The fourth-order valence-electron chi connectivity index (χ4n) is 4.10. The SMILES string of the molecule is CCCCCCCC(C)N1C(C2C=CC=CC2)=NC(C)=CC1CCC. The Labute approximate surface area is 155 Å². The number of nitrogens with zero attached hydrogens (tertiary/aromatic N) is 2. The van der Waals surface area contributed by atoms with Crippen LogP contribution < -0.4 is 0 Å². The molecule has 25 heavy (non-hydrogen) atoms. The van der Waals surface area contributed by atoms with Crippen molar-refractivity contribution in [3.8, 4) is 0 Å². The molecule has 0 aromatic heterocycles. The van der Waals surface area contributed by atoms with Crippen molar-refractivity contribution in [1.29, 1.82) is 0 Å². The lowest BCUT2D eigenvalue weighted by molar-refractivity contribution is 0.241. The highest BCUT2D eigenvalue weighted by Crippen LogP contribution is 2.29. The molecule has 2 nitrogen and oxygen atoms in total. The highest BCUT2D eigenvalue weighted by atomic mass is 15.3. The van der Waals surface area contributed by atoms with E-state index in [1.807, 2.05) is 0 Å². The van der Waals surface area contributed by atoms with E-state index in [0.29, 0.717) is 18.0 Å². The summed E-state index contributed by atoms with van der Waals surface area (Å²) in [5, 5.41) is 0. The largest absolute Gasteiger partial charge is 0.350 e. The molecule has 0 aromatic rings. The summed E-state index contributed by atoms with van der Waals surface area (Å²) >= 11 is 0. The third kappa shape index (κ3) is 5.87. The third-order valence-electron chi connectivity index (χ3n) is 5.44. The summed E-state index contributed by atoms with van der Waals surface area (Å²) in [6.45, 7) is 9.16. The van der Waals surface area contributed by atoms with Crippen molar-refractivity contribution in [2.45, 2.75) is 97.6 Å². The van der Waals surface area contributed by atoms with E-state index in [9.17, 15) is 0 Å². The van der Waals surface area contributed by atoms with Gasteiger partial charge in [-0.1, -0.05) is 76.7 Å². The minimum Gasteiger partial charge on any atom is -0.350 e. The van der Waals surface area contributed by atoms with Crippen molar-refractivity contribution in [3.05, 3.63) is 36.1 Å². The Morgan fingerprint density at radius 2 is 1.92 bits per heavy atom. The molecular weight excluding hydrogens is 304 g/mol. The van der Waals surface area contributed by atoms with E-state index < -0.39 is 0 Å². The molecule has 1 heterocycles. The van der Waals surface area contributed by atoms with Crippen LogP contribution in [0.25, 0.3) is 0 Å². The number of allylic oxidation sites excluding steroid dienone is 4. The van der Waals surface area contributed by atoms with Crippen molar-refractivity contribution in [2.75, 3.05) is 0 Å². The Balaban J connectivity index is 2.08. The molecule has 1 aliphatic carbocycles. The maximum atomic E-state index is 5.02. The molecule has 0 amide bonds. The van der Waals surface area contributed by atoms with Crippen molar-refractivity contribution in [1.82, 2.24) is 4.90 Å². The molecule has 2 rings (SSSR count). The van der Waals surface area contributed by atoms with Gasteiger partial charge in [-0.3, -0.25) is 0 Å². The lowest BCUT2D eigenvalue weighted by Gasteiger charge is -2.42. The average molecular weight is 343 g/mol. The predicted octanol–water partition coefficient (Wildman–Crippen LogP) is 6.65. The van der Waals surface area contributed by atoms with E-state index >= 15 is 0 Å². The number of unbranched alkanes of at least 4 members (excludes halogenated alkanes) is 4. The van der Waals surface area contributed by atoms with E-state index in [1.165, 1.54) is 62.9 Å². The summed E-state index contributed by atoms with van der Waals surface area (Å²) in [5.74, 6) is 1.75. The van der Waals surface area contributed by atoms with Gasteiger partial charge in [0.05, 0.1) is 6.04 Å². The van der Waals surface area contributed by atoms with Crippen molar-refractivity contribution in [2.24, 2.45) is 10.9 Å². The fraction of sp³-hybridized carbons (Fsp3) is 0.696. The van der Waals surface area contributed by atoms with Crippen LogP contribution in [0.5, 0.6) is 0 Å². The number of rotatable bonds is 10. The van der Waals surface area contributed by atoms with Crippen LogP contribution in [0, 0.1) is 5.92 Å². The van der Waals surface area contributed by atoms with Crippen LogP contribution in [0.1, 0.15) is 85.5 Å². The van der Waals surface area contributed by atoms with Crippen LogP contribution in [0.3, 0.4) is 0 Å². The molecule has 0 aromatic carbocycles. The van der Waals surface area contributed by atoms with Gasteiger partial charge in [-0.2, -0.15) is 0 Å². The van der Waals surface area contributed by atoms with Gasteiger partial charge >= 0.3 is 0 Å². The summed E-state index contributed by atoms with van der Waals surface area (Å²) in [4.78, 5) is 7.67. The maximum absolute atomic E-state index is 5.02. The van der Waals surface area contributed by atoms with Crippen LogP contribution in [0.4, 0.5) is 0 Å². The topological polar surface area (TPSA) is 15.6 Å². The number of hydrogen-bond donors (Lipinski definition) is 0. The molecular formula is C23H38N2. The van der Waals surface area contributed by atoms with Gasteiger partial charge in [0, 0.05) is 17.7 Å². The first kappa shape index (κ1) is 20.0. The van der Waals surface area contributed by atoms with E-state index in [-0.39, 0.29) is 0 Å². The molecule has 1 aliphatic heterocycles. The lowest BCUT2D eigenvalue weighted by Crippen LogP contribution is -2.49. The molecule has 140 valence electrons. The van der Waals surface area contributed by atoms with Gasteiger partial charge in [0.25, 0.3) is 0 Å². The van der Waals surface area contributed by atoms with Crippen LogP contribution in [-0.4, -0.2) is 22.8 Å². The van der Waals surface area contributed by atoms with Crippen molar-refractivity contribution in [3.63, 3.8) is 0 Å². The summed E-state index contributed by atoms with van der Waals surface area (Å²) in [7, 11) is 0. The minimum absolute atomic E-state index is 0.440. The van der Waals surface area contributed by atoms with Gasteiger partial charge in [0.1, 0.15) is 5.84 Å². The summed E-state index contributed by atoms with van der Waals surface area (Å²) in [6.07, 6.45) is 23.0. The summed E-state index contributed by atoms with van der Waals surface area (Å²) < 4.78 is 0. The van der Waals surface area contributed by atoms with Crippen LogP contribution in [-0.2, 0) is 0 Å². The maximum Gasteiger partial charge on any atom is 0.112 e. The highest BCUT2D eigenvalue weighted by Gasteiger charge is 2.31. The highest BCUT2D eigenvalue weighted by molar-refractivity contribution is 5.89. The zero-order chi connectivity index (χ0) is 18.1. The summed E-state index contributed by atoms with van der Waals surface area (Å²) in [5.41, 5.74) is 1.20. The molecule has 0 fully saturated rings. The predicted molar refractivity (Wildman–Crippen MR) is 111 cm³/mol. The average Bonchev–Trinajstić information content (AvgIpc) is 2.62. The second-order valence-corrected chi connectivity index (χ2v) is 7.75. The molecule has 3 unspecified atom stereocenters. The quantitative estimate of drug-likeness (QED) is 0.406. The Bertz CT molecular complexity index is 512. The van der Waals surface area contributed by atoms with E-state index in [0.717, 1.165) is 6.42 Å². The lowest BCUT2D eigenvalue weighted by atomic mass is 9.93. The van der Waals surface area contributed by atoms with Gasteiger partial charge in [-0.05, 0) is 39.2 Å². The van der Waals surface area contributed by atoms with E-state index in [4.69, 9.17) is 4.99 Å². The Morgan fingerprint density at radius 3 is 2.60 bits per heavy atom. The molecule has 2 heteroatoms. The monoisotopic (exact) mass is 342 g/mol. The van der Waals surface area contributed by atoms with Crippen LogP contribution in [0.2, 0.25) is 0 Å². The zero-order valence-corrected chi connectivity index (χ0v) is 16.9. The first-order valence-electron chi connectivity index (χ1n) is 10.6. The van der Waals surface area contributed by atoms with Crippen LogP contribution >= 0.6 is 0 Å². The fourth-order valence-corrected chi connectivity index (χ4v) is 4.10. The molecule has 3 atom stereocenters. The Kier molecular flexibility index (Phi) is 8.51. The smallest absolute Gasteiger partial charge is 0.112 e. The van der Waals surface area contributed by atoms with Gasteiger partial charge < -0.3 is 4.90 Å². The Morgan fingerprint density at radius 1 is 1.12 bits per heavy atom. The van der Waals surface area contributed by atoms with E-state index in [2.05, 4.69) is 63.0 Å². The zero-order valence-electron chi connectivity index (χ0n) is 16.9. The first-order chi connectivity index (χ1) is 12.2. The molecule has 0 spiro atoms. The number of amidine groups is 1. The second kappa shape index (κ2) is 10.6. The van der Waals surface area contributed by atoms with Gasteiger partial charge in [0.15, 0.2) is 0 Å². The molecule has 2 aliphatic rings. The number of aliphatic imine (C=N–C) groups is 1. The van der Waals surface area contributed by atoms with Crippen LogP contribution in [0.15, 0.2) is 41.1 Å². The van der Waals surface area contributed by atoms with Crippen molar-refractivity contribution < 1.29 is 0 Å². The molecule has 0 N–H and O–H groups in total. The minimum atomic E-state index is 0.440. The molecule has 0 bridgehead atoms. The van der Waals surface area contributed by atoms with Gasteiger partial charge in [-0.25, -0.2) is 4.99 Å². The second-order valence-electron chi connectivity index (χ2n) is 7.75. The van der Waals surface area contributed by atoms with Gasteiger partial charge in [0.2, 0.25) is 0 Å². The Hall–Kier alpha value is -1.31.